The van der Waals surface area contributed by atoms with Crippen molar-refractivity contribution in [3.05, 3.63) is 0 Å². The Morgan fingerprint density at radius 1 is 1.20 bits per heavy atom. The summed E-state index contributed by atoms with van der Waals surface area (Å²) in [7, 11) is 4.28. The Morgan fingerprint density at radius 2 is 1.93 bits per heavy atom. The van der Waals surface area contributed by atoms with Crippen LogP contribution >= 0.6 is 0 Å². The summed E-state index contributed by atoms with van der Waals surface area (Å²) in [5, 5.41) is 6.99. The van der Waals surface area contributed by atoms with Crippen molar-refractivity contribution in [2.45, 2.75) is 25.7 Å². The molecule has 0 aromatic carbocycles. The van der Waals surface area contributed by atoms with E-state index in [1.807, 2.05) is 0 Å². The predicted molar refractivity (Wildman–Crippen MR) is 66.3 cm³/mol. The van der Waals surface area contributed by atoms with Crippen molar-refractivity contribution in [3.63, 3.8) is 0 Å². The second-order valence-electron chi connectivity index (χ2n) is 4.91. The third-order valence-corrected chi connectivity index (χ3v) is 3.10. The summed E-state index contributed by atoms with van der Waals surface area (Å²) in [5.74, 6) is 0.917. The van der Waals surface area contributed by atoms with Gasteiger partial charge in [0.25, 0.3) is 0 Å². The van der Waals surface area contributed by atoms with Crippen LogP contribution in [0.25, 0.3) is 0 Å². The maximum atomic E-state index is 3.58. The Kier molecular flexibility index (Phi) is 6.98. The minimum absolute atomic E-state index is 0.917. The molecule has 1 rings (SSSR count). The van der Waals surface area contributed by atoms with Gasteiger partial charge in [0.1, 0.15) is 0 Å². The molecule has 0 aliphatic carbocycles. The molecule has 0 saturated carbocycles. The molecule has 1 saturated heterocycles. The van der Waals surface area contributed by atoms with Crippen LogP contribution in [-0.2, 0) is 0 Å². The average molecular weight is 213 g/mol. The van der Waals surface area contributed by atoms with Crippen LogP contribution in [-0.4, -0.2) is 51.7 Å². The lowest BCUT2D eigenvalue weighted by atomic mass is 9.98. The third kappa shape index (κ3) is 6.88. The monoisotopic (exact) mass is 213 g/mol. The van der Waals surface area contributed by atoms with Gasteiger partial charge in [0.15, 0.2) is 0 Å². The molecule has 0 aromatic rings. The number of nitrogens with zero attached hydrogens (tertiary/aromatic N) is 1. The molecule has 0 amide bonds. The maximum Gasteiger partial charge on any atom is -0.00196 e. The van der Waals surface area contributed by atoms with Gasteiger partial charge in [-0.05, 0) is 78.4 Å². The van der Waals surface area contributed by atoms with E-state index in [0.29, 0.717) is 0 Å². The third-order valence-electron chi connectivity index (χ3n) is 3.10. The van der Waals surface area contributed by atoms with E-state index in [4.69, 9.17) is 0 Å². The zero-order chi connectivity index (χ0) is 10.9. The molecule has 0 unspecified atom stereocenters. The van der Waals surface area contributed by atoms with E-state index in [0.717, 1.165) is 5.92 Å². The summed E-state index contributed by atoms with van der Waals surface area (Å²) in [6.45, 7) is 6.07. The number of hydrogen-bond acceptors (Lipinski definition) is 3. The Morgan fingerprint density at radius 3 is 2.60 bits per heavy atom. The lowest BCUT2D eigenvalue weighted by Gasteiger charge is -2.22. The average Bonchev–Trinajstić information content (AvgIpc) is 2.24. The summed E-state index contributed by atoms with van der Waals surface area (Å²) >= 11 is 0. The van der Waals surface area contributed by atoms with Crippen molar-refractivity contribution >= 4 is 0 Å². The van der Waals surface area contributed by atoms with E-state index in [1.54, 1.807) is 0 Å². The van der Waals surface area contributed by atoms with Crippen LogP contribution in [0.4, 0.5) is 0 Å². The van der Waals surface area contributed by atoms with E-state index in [9.17, 15) is 0 Å². The van der Waals surface area contributed by atoms with Gasteiger partial charge in [-0.25, -0.2) is 0 Å². The van der Waals surface area contributed by atoms with E-state index in [-0.39, 0.29) is 0 Å². The molecule has 15 heavy (non-hydrogen) atoms. The second kappa shape index (κ2) is 8.08. The molecule has 1 aliphatic heterocycles. The van der Waals surface area contributed by atoms with Gasteiger partial charge >= 0.3 is 0 Å². The highest BCUT2D eigenvalue weighted by Gasteiger charge is 2.11. The Balaban J connectivity index is 1.83. The molecule has 1 fully saturated rings. The van der Waals surface area contributed by atoms with E-state index < -0.39 is 0 Å². The molecular formula is C12H27N3. The smallest absolute Gasteiger partial charge is 0.00196 e. The summed E-state index contributed by atoms with van der Waals surface area (Å²) < 4.78 is 0. The summed E-state index contributed by atoms with van der Waals surface area (Å²) in [6.07, 6.45) is 5.32. The normalized spacial score (nSPS) is 18.6. The number of nitrogens with one attached hydrogen (secondary N) is 2. The van der Waals surface area contributed by atoms with Crippen molar-refractivity contribution < 1.29 is 0 Å². The highest BCUT2D eigenvalue weighted by molar-refractivity contribution is 4.70. The molecule has 0 aromatic heterocycles. The summed E-state index contributed by atoms with van der Waals surface area (Å²) in [4.78, 5) is 2.26. The molecule has 3 heteroatoms. The molecule has 2 N–H and O–H groups in total. The van der Waals surface area contributed by atoms with Crippen molar-refractivity contribution in [3.8, 4) is 0 Å². The van der Waals surface area contributed by atoms with Gasteiger partial charge in [-0.3, -0.25) is 0 Å². The van der Waals surface area contributed by atoms with Gasteiger partial charge in [0, 0.05) is 0 Å². The molecule has 0 atom stereocenters. The Labute approximate surface area is 94.6 Å². The van der Waals surface area contributed by atoms with Crippen LogP contribution in [0.5, 0.6) is 0 Å². The van der Waals surface area contributed by atoms with Gasteiger partial charge in [0.2, 0.25) is 0 Å². The first-order chi connectivity index (χ1) is 7.29. The van der Waals surface area contributed by atoms with E-state index >= 15 is 0 Å². The van der Waals surface area contributed by atoms with E-state index in [1.165, 1.54) is 58.4 Å². The molecule has 0 spiro atoms. The van der Waals surface area contributed by atoms with Gasteiger partial charge in [-0.1, -0.05) is 0 Å². The van der Waals surface area contributed by atoms with Gasteiger partial charge < -0.3 is 15.5 Å². The van der Waals surface area contributed by atoms with Crippen molar-refractivity contribution in [2.75, 3.05) is 46.8 Å². The zero-order valence-electron chi connectivity index (χ0n) is 10.4. The molecule has 1 aliphatic rings. The van der Waals surface area contributed by atoms with Crippen LogP contribution in [0.3, 0.4) is 0 Å². The first-order valence-corrected chi connectivity index (χ1v) is 6.35. The Bertz CT molecular complexity index is 142. The minimum atomic E-state index is 0.917. The summed E-state index contributed by atoms with van der Waals surface area (Å²) in [5.41, 5.74) is 0. The quantitative estimate of drug-likeness (QED) is 0.616. The first kappa shape index (κ1) is 12.9. The van der Waals surface area contributed by atoms with Crippen LogP contribution < -0.4 is 10.6 Å². The molecule has 3 nitrogen and oxygen atoms in total. The fourth-order valence-corrected chi connectivity index (χ4v) is 2.07. The van der Waals surface area contributed by atoms with Crippen LogP contribution in [0.15, 0.2) is 0 Å². The molecule has 0 radical (unpaired) electrons. The van der Waals surface area contributed by atoms with Crippen LogP contribution in [0, 0.1) is 5.92 Å². The van der Waals surface area contributed by atoms with Crippen molar-refractivity contribution in [1.82, 2.24) is 15.5 Å². The zero-order valence-corrected chi connectivity index (χ0v) is 10.4. The molecule has 0 bridgehead atoms. The van der Waals surface area contributed by atoms with Crippen molar-refractivity contribution in [1.29, 1.82) is 0 Å². The molecule has 1 heterocycles. The minimum Gasteiger partial charge on any atom is -0.317 e. The SMILES string of the molecule is CN(C)CCCCNCC1CCNCC1. The number of piperidine rings is 1. The lowest BCUT2D eigenvalue weighted by Crippen LogP contribution is -2.34. The maximum absolute atomic E-state index is 3.58. The highest BCUT2D eigenvalue weighted by Crippen LogP contribution is 2.09. The standard InChI is InChI=1S/C12H27N3/c1-15(2)10-4-3-7-14-11-12-5-8-13-9-6-12/h12-14H,3-11H2,1-2H3. The van der Waals surface area contributed by atoms with Gasteiger partial charge in [-0.15, -0.1) is 0 Å². The topological polar surface area (TPSA) is 27.3 Å². The second-order valence-corrected chi connectivity index (χ2v) is 4.91. The van der Waals surface area contributed by atoms with Gasteiger partial charge in [0.05, 0.1) is 0 Å². The van der Waals surface area contributed by atoms with Gasteiger partial charge in [-0.2, -0.15) is 0 Å². The number of hydrogen-bond donors (Lipinski definition) is 2. The molecule has 90 valence electrons. The number of rotatable bonds is 7. The fraction of sp³-hybridized carbons (Fsp3) is 1.00. The van der Waals surface area contributed by atoms with E-state index in [2.05, 4.69) is 29.6 Å². The van der Waals surface area contributed by atoms with Crippen LogP contribution in [0.2, 0.25) is 0 Å². The Hall–Kier alpha value is -0.120. The first-order valence-electron chi connectivity index (χ1n) is 6.35. The predicted octanol–water partition coefficient (Wildman–Crippen LogP) is 0.917. The molecular weight excluding hydrogens is 186 g/mol. The van der Waals surface area contributed by atoms with Crippen molar-refractivity contribution in [2.24, 2.45) is 5.92 Å². The largest absolute Gasteiger partial charge is 0.317 e. The fourth-order valence-electron chi connectivity index (χ4n) is 2.07. The lowest BCUT2D eigenvalue weighted by molar-refractivity contribution is 0.351. The number of unbranched alkanes of at least 4 members (excludes halogenated alkanes) is 1. The van der Waals surface area contributed by atoms with Crippen LogP contribution in [0.1, 0.15) is 25.7 Å². The highest BCUT2D eigenvalue weighted by atomic mass is 15.0. The summed E-state index contributed by atoms with van der Waals surface area (Å²) in [6, 6.07) is 0.